The number of halogens is 2. The van der Waals surface area contributed by atoms with Gasteiger partial charge >= 0.3 is 6.09 Å². The number of hydrogen-bond donors (Lipinski definition) is 3. The van der Waals surface area contributed by atoms with Crippen molar-refractivity contribution >= 4 is 29.3 Å². The van der Waals surface area contributed by atoms with Crippen molar-refractivity contribution in [2.75, 3.05) is 26.4 Å². The molecule has 226 valence electrons. The van der Waals surface area contributed by atoms with E-state index in [9.17, 15) is 15.0 Å². The number of aliphatic hydroxyl groups is 1. The molecule has 0 saturated heterocycles. The molecule has 0 heterocycles. The predicted octanol–water partition coefficient (Wildman–Crippen LogP) is 8.25. The third-order valence-corrected chi connectivity index (χ3v) is 7.87. The Morgan fingerprint density at radius 2 is 1.56 bits per heavy atom. The number of rotatable bonds is 14. The molecule has 1 amide bonds. The van der Waals surface area contributed by atoms with Crippen LogP contribution >= 0.6 is 23.2 Å². The minimum atomic E-state index is -1.06. The average molecular weight is 623 g/mol. The van der Waals surface area contributed by atoms with Crippen LogP contribution in [-0.4, -0.2) is 42.7 Å². The van der Waals surface area contributed by atoms with Gasteiger partial charge in [0.1, 0.15) is 19.0 Å². The number of aliphatic hydroxyl groups excluding tert-OH is 1. The van der Waals surface area contributed by atoms with Crippen molar-refractivity contribution in [1.82, 2.24) is 5.32 Å². The second kappa shape index (κ2) is 15.7. The van der Waals surface area contributed by atoms with Gasteiger partial charge in [-0.05, 0) is 90.3 Å². The largest absolute Gasteiger partial charge is 0.490 e. The zero-order valence-electron chi connectivity index (χ0n) is 24.4. The van der Waals surface area contributed by atoms with Gasteiger partial charge in [-0.2, -0.15) is 0 Å². The summed E-state index contributed by atoms with van der Waals surface area (Å²) in [5.74, 6) is 1.01. The summed E-state index contributed by atoms with van der Waals surface area (Å²) in [6.07, 6.45) is 1.01. The molecule has 0 aliphatic rings. The van der Waals surface area contributed by atoms with Crippen LogP contribution in [0.15, 0.2) is 78.9 Å². The quantitative estimate of drug-likeness (QED) is 0.123. The molecule has 0 spiro atoms. The molecule has 8 heteroatoms. The summed E-state index contributed by atoms with van der Waals surface area (Å²) in [6, 6.07) is 25.9. The predicted molar refractivity (Wildman–Crippen MR) is 173 cm³/mol. The van der Waals surface area contributed by atoms with E-state index in [2.05, 4.69) is 42.6 Å². The second-order valence-corrected chi connectivity index (χ2v) is 11.3. The van der Waals surface area contributed by atoms with Crippen LogP contribution in [0.4, 0.5) is 4.79 Å². The molecule has 0 aliphatic carbocycles. The van der Waals surface area contributed by atoms with E-state index in [0.717, 1.165) is 39.8 Å². The van der Waals surface area contributed by atoms with E-state index >= 15 is 0 Å². The molecular formula is C35H37Cl2NO5. The van der Waals surface area contributed by atoms with Crippen molar-refractivity contribution in [3.63, 3.8) is 0 Å². The molecule has 0 radical (unpaired) electrons. The van der Waals surface area contributed by atoms with Gasteiger partial charge in [-0.15, -0.1) is 0 Å². The lowest BCUT2D eigenvalue weighted by Gasteiger charge is -2.22. The standard InChI is InChI=1S/C35H37Cl2NO5/c1-23-18-31(36)34(32(37)19-23)43-17-16-42-33-12-6-4-9-27(33)21-28(22-38-35(40)41)29-14-13-26(20-24(29)2)30-11-5-3-8-25(30)10-7-15-39/h3-6,8-9,11-14,18-20,28,38-39H,7,10,15-17,21-22H2,1-2H3,(H,40,41). The lowest BCUT2D eigenvalue weighted by Crippen LogP contribution is -2.28. The first-order valence-corrected chi connectivity index (χ1v) is 15.1. The first-order chi connectivity index (χ1) is 20.8. The Hall–Kier alpha value is -3.71. The van der Waals surface area contributed by atoms with Crippen molar-refractivity contribution < 1.29 is 24.5 Å². The Labute approximate surface area is 263 Å². The van der Waals surface area contributed by atoms with Gasteiger partial charge in [0.25, 0.3) is 0 Å². The van der Waals surface area contributed by atoms with Gasteiger partial charge in [0, 0.05) is 19.1 Å². The molecule has 6 nitrogen and oxygen atoms in total. The number of aryl methyl sites for hydroxylation is 3. The fourth-order valence-electron chi connectivity index (χ4n) is 5.29. The van der Waals surface area contributed by atoms with Crippen LogP contribution in [0.1, 0.15) is 40.2 Å². The zero-order chi connectivity index (χ0) is 30.8. The fourth-order valence-corrected chi connectivity index (χ4v) is 6.00. The van der Waals surface area contributed by atoms with Crippen molar-refractivity contribution in [2.45, 2.75) is 39.0 Å². The van der Waals surface area contributed by atoms with Crippen LogP contribution < -0.4 is 14.8 Å². The van der Waals surface area contributed by atoms with Crippen LogP contribution in [0.25, 0.3) is 11.1 Å². The molecule has 3 N–H and O–H groups in total. The minimum absolute atomic E-state index is 0.124. The molecule has 4 rings (SSSR count). The summed E-state index contributed by atoms with van der Waals surface area (Å²) in [5.41, 5.74) is 7.47. The van der Waals surface area contributed by atoms with Crippen LogP contribution in [0.5, 0.6) is 11.5 Å². The van der Waals surface area contributed by atoms with E-state index in [1.165, 1.54) is 5.56 Å². The Morgan fingerprint density at radius 3 is 2.26 bits per heavy atom. The van der Waals surface area contributed by atoms with E-state index in [4.69, 9.17) is 32.7 Å². The highest BCUT2D eigenvalue weighted by Crippen LogP contribution is 2.35. The second-order valence-electron chi connectivity index (χ2n) is 10.5. The first-order valence-electron chi connectivity index (χ1n) is 14.3. The molecule has 0 saturated carbocycles. The molecule has 43 heavy (non-hydrogen) atoms. The molecule has 0 fully saturated rings. The number of nitrogens with one attached hydrogen (secondary N) is 1. The van der Waals surface area contributed by atoms with Crippen molar-refractivity contribution in [2.24, 2.45) is 0 Å². The number of carbonyl (C=O) groups is 1. The maximum atomic E-state index is 11.5. The summed E-state index contributed by atoms with van der Waals surface area (Å²) in [7, 11) is 0. The Bertz CT molecular complexity index is 1520. The zero-order valence-corrected chi connectivity index (χ0v) is 25.9. The first kappa shape index (κ1) is 32.2. The van der Waals surface area contributed by atoms with Gasteiger partial charge < -0.3 is 25.0 Å². The molecule has 1 unspecified atom stereocenters. The van der Waals surface area contributed by atoms with Crippen LogP contribution in [-0.2, 0) is 12.8 Å². The number of carboxylic acid groups (broad SMARTS) is 1. The molecular weight excluding hydrogens is 585 g/mol. The minimum Gasteiger partial charge on any atom is -0.490 e. The summed E-state index contributed by atoms with van der Waals surface area (Å²) in [4.78, 5) is 11.5. The highest BCUT2D eigenvalue weighted by atomic mass is 35.5. The highest BCUT2D eigenvalue weighted by molar-refractivity contribution is 6.37. The van der Waals surface area contributed by atoms with E-state index in [1.54, 1.807) is 12.1 Å². The molecule has 0 aromatic heterocycles. The molecule has 0 bridgehead atoms. The lowest BCUT2D eigenvalue weighted by atomic mass is 9.86. The normalized spacial score (nSPS) is 11.7. The van der Waals surface area contributed by atoms with Crippen molar-refractivity contribution in [3.05, 3.63) is 117 Å². The van der Waals surface area contributed by atoms with E-state index in [1.807, 2.05) is 43.3 Å². The summed E-state index contributed by atoms with van der Waals surface area (Å²) < 4.78 is 11.9. The van der Waals surface area contributed by atoms with Crippen molar-refractivity contribution in [3.8, 4) is 22.6 Å². The number of hydrogen-bond acceptors (Lipinski definition) is 4. The maximum absolute atomic E-state index is 11.5. The Morgan fingerprint density at radius 1 is 0.884 bits per heavy atom. The Kier molecular flexibility index (Phi) is 11.7. The van der Waals surface area contributed by atoms with Gasteiger partial charge in [0.15, 0.2) is 5.75 Å². The maximum Gasteiger partial charge on any atom is 0.404 e. The van der Waals surface area contributed by atoms with Crippen LogP contribution in [0, 0.1) is 13.8 Å². The van der Waals surface area contributed by atoms with E-state index < -0.39 is 6.09 Å². The highest BCUT2D eigenvalue weighted by Gasteiger charge is 2.19. The monoisotopic (exact) mass is 621 g/mol. The number of para-hydroxylation sites is 1. The smallest absolute Gasteiger partial charge is 0.404 e. The van der Waals surface area contributed by atoms with Crippen LogP contribution in [0.3, 0.4) is 0 Å². The van der Waals surface area contributed by atoms with E-state index in [0.29, 0.717) is 34.4 Å². The summed E-state index contributed by atoms with van der Waals surface area (Å²) >= 11 is 12.6. The topological polar surface area (TPSA) is 88.0 Å². The molecule has 4 aromatic carbocycles. The third-order valence-electron chi connectivity index (χ3n) is 7.31. The molecule has 4 aromatic rings. The van der Waals surface area contributed by atoms with Gasteiger partial charge in [-0.3, -0.25) is 0 Å². The summed E-state index contributed by atoms with van der Waals surface area (Å²) in [5, 5.41) is 22.2. The number of ether oxygens (including phenoxy) is 2. The fraction of sp³-hybridized carbons (Fsp3) is 0.286. The third kappa shape index (κ3) is 8.90. The van der Waals surface area contributed by atoms with Crippen LogP contribution in [0.2, 0.25) is 10.0 Å². The lowest BCUT2D eigenvalue weighted by molar-refractivity contribution is 0.193. The van der Waals surface area contributed by atoms with Gasteiger partial charge in [-0.1, -0.05) is 83.9 Å². The van der Waals surface area contributed by atoms with Gasteiger partial charge in [-0.25, -0.2) is 4.79 Å². The SMILES string of the molecule is Cc1cc(Cl)c(OCCOc2ccccc2CC(CNC(=O)O)c2ccc(-c3ccccc3CCCO)cc2C)c(Cl)c1. The molecule has 1 atom stereocenters. The Balaban J connectivity index is 1.51. The van der Waals surface area contributed by atoms with Crippen molar-refractivity contribution in [1.29, 1.82) is 0 Å². The summed E-state index contributed by atoms with van der Waals surface area (Å²) in [6.45, 7) is 4.91. The van der Waals surface area contributed by atoms with E-state index in [-0.39, 0.29) is 32.3 Å². The van der Waals surface area contributed by atoms with Gasteiger partial charge in [0.05, 0.1) is 10.0 Å². The number of amides is 1. The average Bonchev–Trinajstić information content (AvgIpc) is 2.98. The van der Waals surface area contributed by atoms with Gasteiger partial charge in [0.2, 0.25) is 0 Å². The number of benzene rings is 4. The molecule has 0 aliphatic heterocycles.